The van der Waals surface area contributed by atoms with E-state index in [1.807, 2.05) is 38.1 Å². The molecular formula is C16H20O3S. The van der Waals surface area contributed by atoms with Gasteiger partial charge in [0.05, 0.1) is 22.3 Å². The molecule has 2 heterocycles. The van der Waals surface area contributed by atoms with E-state index >= 15 is 0 Å². The van der Waals surface area contributed by atoms with Gasteiger partial charge in [0, 0.05) is 17.7 Å². The lowest BCUT2D eigenvalue weighted by molar-refractivity contribution is -0.195. The molecular weight excluding hydrogens is 272 g/mol. The van der Waals surface area contributed by atoms with Gasteiger partial charge in [0.1, 0.15) is 5.76 Å². The van der Waals surface area contributed by atoms with Crippen LogP contribution in [0.3, 0.4) is 0 Å². The third-order valence-electron chi connectivity index (χ3n) is 3.99. The van der Waals surface area contributed by atoms with Crippen molar-refractivity contribution in [1.29, 1.82) is 0 Å². The first-order valence-electron chi connectivity index (χ1n) is 7.11. The van der Waals surface area contributed by atoms with Crippen LogP contribution in [-0.2, 0) is 20.3 Å². The van der Waals surface area contributed by atoms with Crippen molar-refractivity contribution in [2.24, 2.45) is 0 Å². The maximum absolute atomic E-state index is 12.7. The van der Waals surface area contributed by atoms with E-state index in [-0.39, 0.29) is 0 Å². The van der Waals surface area contributed by atoms with Crippen LogP contribution >= 0.6 is 0 Å². The minimum Gasteiger partial charge on any atom is -0.466 e. The number of benzene rings is 1. The highest BCUT2D eigenvalue weighted by Gasteiger charge is 2.41. The fraction of sp³-hybridized carbons (Fsp3) is 0.500. The smallest absolute Gasteiger partial charge is 0.210 e. The first-order chi connectivity index (χ1) is 9.60. The second kappa shape index (κ2) is 5.34. The van der Waals surface area contributed by atoms with Crippen LogP contribution in [0, 0.1) is 6.92 Å². The third kappa shape index (κ3) is 2.54. The molecule has 3 nitrogen and oxygen atoms in total. The van der Waals surface area contributed by atoms with Gasteiger partial charge in [0.2, 0.25) is 5.79 Å². The van der Waals surface area contributed by atoms with Crippen LogP contribution in [0.5, 0.6) is 0 Å². The zero-order valence-electron chi connectivity index (χ0n) is 12.0. The summed E-state index contributed by atoms with van der Waals surface area (Å²) in [5.74, 6) is 0.336. The maximum Gasteiger partial charge on any atom is 0.210 e. The van der Waals surface area contributed by atoms with Crippen molar-refractivity contribution in [3.63, 3.8) is 0 Å². The Balaban J connectivity index is 1.83. The van der Waals surface area contributed by atoms with E-state index < -0.39 is 16.6 Å². The van der Waals surface area contributed by atoms with Gasteiger partial charge in [-0.25, -0.2) is 4.21 Å². The zero-order valence-corrected chi connectivity index (χ0v) is 12.8. The molecule has 3 rings (SSSR count). The predicted octanol–water partition coefficient (Wildman–Crippen LogP) is 3.65. The summed E-state index contributed by atoms with van der Waals surface area (Å²) in [6.45, 7) is 4.70. The van der Waals surface area contributed by atoms with Crippen molar-refractivity contribution in [2.45, 2.75) is 50.2 Å². The van der Waals surface area contributed by atoms with Gasteiger partial charge in [-0.15, -0.1) is 0 Å². The monoisotopic (exact) mass is 292 g/mol. The number of ether oxygens (including phenoxy) is 2. The van der Waals surface area contributed by atoms with E-state index in [1.54, 1.807) is 0 Å². The Bertz CT molecular complexity index is 554. The van der Waals surface area contributed by atoms with Crippen molar-refractivity contribution in [3.05, 3.63) is 40.5 Å². The van der Waals surface area contributed by atoms with Crippen LogP contribution in [-0.4, -0.2) is 16.6 Å². The lowest BCUT2D eigenvalue weighted by atomic mass is 10.0. The van der Waals surface area contributed by atoms with E-state index in [0.29, 0.717) is 0 Å². The molecule has 1 fully saturated rings. The largest absolute Gasteiger partial charge is 0.466 e. The van der Waals surface area contributed by atoms with Gasteiger partial charge >= 0.3 is 0 Å². The normalized spacial score (nSPS) is 27.7. The second-order valence-electron chi connectivity index (χ2n) is 5.53. The minimum absolute atomic E-state index is 0.439. The Morgan fingerprint density at radius 2 is 1.90 bits per heavy atom. The van der Waals surface area contributed by atoms with Crippen LogP contribution in [0.4, 0.5) is 0 Å². The molecule has 20 heavy (non-hydrogen) atoms. The van der Waals surface area contributed by atoms with Gasteiger partial charge in [-0.05, 0) is 38.8 Å². The highest BCUT2D eigenvalue weighted by molar-refractivity contribution is 7.89. The molecule has 108 valence electrons. The summed E-state index contributed by atoms with van der Waals surface area (Å²) in [5.41, 5.74) is 1.18. The van der Waals surface area contributed by atoms with Crippen molar-refractivity contribution >= 4 is 10.8 Å². The number of hydrogen-bond acceptors (Lipinski definition) is 3. The number of rotatable bonds is 2. The van der Waals surface area contributed by atoms with Gasteiger partial charge in [0.15, 0.2) is 0 Å². The van der Waals surface area contributed by atoms with E-state index in [2.05, 4.69) is 0 Å². The number of allylic oxidation sites excluding steroid dienone is 2. The van der Waals surface area contributed by atoms with Gasteiger partial charge in [0.25, 0.3) is 0 Å². The van der Waals surface area contributed by atoms with Gasteiger partial charge in [-0.1, -0.05) is 17.7 Å². The molecule has 2 atom stereocenters. The number of hydrogen-bond donors (Lipinski definition) is 0. The molecule has 0 aliphatic carbocycles. The van der Waals surface area contributed by atoms with Gasteiger partial charge in [-0.3, -0.25) is 0 Å². The molecule has 0 N–H and O–H groups in total. The quantitative estimate of drug-likeness (QED) is 0.834. The molecule has 1 spiro atoms. The topological polar surface area (TPSA) is 35.5 Å². The van der Waals surface area contributed by atoms with Crippen molar-refractivity contribution in [1.82, 2.24) is 0 Å². The lowest BCUT2D eigenvalue weighted by Gasteiger charge is -2.34. The fourth-order valence-corrected chi connectivity index (χ4v) is 4.10. The Kier molecular flexibility index (Phi) is 3.69. The first-order valence-corrected chi connectivity index (χ1v) is 8.26. The summed E-state index contributed by atoms with van der Waals surface area (Å²) in [5, 5.41) is 0. The average molecular weight is 292 g/mol. The zero-order chi connectivity index (χ0) is 14.2. The molecule has 2 aliphatic heterocycles. The first kappa shape index (κ1) is 13.8. The van der Waals surface area contributed by atoms with E-state index in [0.717, 1.165) is 47.8 Å². The van der Waals surface area contributed by atoms with Crippen LogP contribution in [0.25, 0.3) is 0 Å². The van der Waals surface area contributed by atoms with E-state index in [4.69, 9.17) is 9.47 Å². The summed E-state index contributed by atoms with van der Waals surface area (Å²) < 4.78 is 24.4. The summed E-state index contributed by atoms with van der Waals surface area (Å²) in [7, 11) is -1.13. The molecule has 0 radical (unpaired) electrons. The SMILES string of the molecule is CC1=C([S@@](=O)c2ccc(C)cc2)CCC2(CCCO2)O1. The molecule has 1 unspecified atom stereocenters. The molecule has 1 saturated heterocycles. The van der Waals surface area contributed by atoms with Crippen LogP contribution < -0.4 is 0 Å². The lowest BCUT2D eigenvalue weighted by Crippen LogP contribution is -2.34. The standard InChI is InChI=1S/C16H20O3S/c1-12-4-6-14(7-5-12)20(17)15-8-10-16(19-13(15)2)9-3-11-18-16/h4-7H,3,8-11H2,1-2H3/t16?,20-/m0/s1. The molecule has 1 aromatic rings. The number of aryl methyl sites for hydroxylation is 1. The average Bonchev–Trinajstić information content (AvgIpc) is 2.87. The molecule has 0 saturated carbocycles. The van der Waals surface area contributed by atoms with Crippen molar-refractivity contribution < 1.29 is 13.7 Å². The highest BCUT2D eigenvalue weighted by Crippen LogP contribution is 2.41. The Labute approximate surface area is 122 Å². The molecule has 4 heteroatoms. The Hall–Kier alpha value is -1.13. The third-order valence-corrected chi connectivity index (χ3v) is 5.63. The Morgan fingerprint density at radius 1 is 1.15 bits per heavy atom. The molecule has 2 aliphatic rings. The fourth-order valence-electron chi connectivity index (χ4n) is 2.84. The molecule has 1 aromatic carbocycles. The van der Waals surface area contributed by atoms with Crippen molar-refractivity contribution in [2.75, 3.05) is 6.61 Å². The molecule has 0 amide bonds. The Morgan fingerprint density at radius 3 is 2.50 bits per heavy atom. The van der Waals surface area contributed by atoms with Crippen LogP contribution in [0.1, 0.15) is 38.2 Å². The molecule has 0 bridgehead atoms. The summed E-state index contributed by atoms with van der Waals surface area (Å²) in [6.07, 6.45) is 3.57. The van der Waals surface area contributed by atoms with Crippen LogP contribution in [0.15, 0.2) is 39.8 Å². The summed E-state index contributed by atoms with van der Waals surface area (Å²) >= 11 is 0. The van der Waals surface area contributed by atoms with Crippen molar-refractivity contribution in [3.8, 4) is 0 Å². The summed E-state index contributed by atoms with van der Waals surface area (Å²) in [6, 6.07) is 7.85. The summed E-state index contributed by atoms with van der Waals surface area (Å²) in [4.78, 5) is 1.74. The predicted molar refractivity (Wildman–Crippen MR) is 78.5 cm³/mol. The van der Waals surface area contributed by atoms with E-state index in [9.17, 15) is 4.21 Å². The maximum atomic E-state index is 12.7. The van der Waals surface area contributed by atoms with Gasteiger partial charge < -0.3 is 9.47 Å². The van der Waals surface area contributed by atoms with Gasteiger partial charge in [-0.2, -0.15) is 0 Å². The van der Waals surface area contributed by atoms with Crippen LogP contribution in [0.2, 0.25) is 0 Å². The molecule has 0 aromatic heterocycles. The second-order valence-corrected chi connectivity index (χ2v) is 7.03. The van der Waals surface area contributed by atoms with E-state index in [1.165, 1.54) is 5.56 Å². The minimum atomic E-state index is -1.13. The highest BCUT2D eigenvalue weighted by atomic mass is 32.2.